The largest absolute Gasteiger partial charge is 0.364 e. The molecule has 1 fully saturated rings. The summed E-state index contributed by atoms with van der Waals surface area (Å²) < 4.78 is 0. The van der Waals surface area contributed by atoms with E-state index >= 15 is 0 Å². The highest BCUT2D eigenvalue weighted by atomic mass is 14.8. The average Bonchev–Trinajstić information content (AvgIpc) is 1.86. The highest BCUT2D eigenvalue weighted by Crippen LogP contribution is 2.35. The van der Waals surface area contributed by atoms with Crippen LogP contribution >= 0.6 is 0 Å². The lowest BCUT2D eigenvalue weighted by Gasteiger charge is -2.39. The maximum absolute atomic E-state index is 5.32. The predicted molar refractivity (Wildman–Crippen MR) is 49.5 cm³/mol. The Balaban J connectivity index is 2.10. The number of rotatable bonds is 4. The third kappa shape index (κ3) is 2.23. The van der Waals surface area contributed by atoms with Crippen LogP contribution in [0.15, 0.2) is 0 Å². The lowest BCUT2D eigenvalue weighted by Crippen LogP contribution is -2.42. The van der Waals surface area contributed by atoms with Gasteiger partial charge in [-0.25, -0.2) is 0 Å². The van der Waals surface area contributed by atoms with Gasteiger partial charge in [0.2, 0.25) is 0 Å². The molecule has 0 aliphatic heterocycles. The summed E-state index contributed by atoms with van der Waals surface area (Å²) in [5, 5.41) is 2.83. The molecule has 1 unspecified atom stereocenters. The zero-order valence-corrected chi connectivity index (χ0v) is 7.64. The van der Waals surface area contributed by atoms with Gasteiger partial charge in [0.15, 0.2) is 7.98 Å². The summed E-state index contributed by atoms with van der Waals surface area (Å²) in [6.45, 7) is 4.62. The van der Waals surface area contributed by atoms with Gasteiger partial charge < -0.3 is 5.23 Å². The standard InChI is InChI=1S/C9H18BN/c1-3-4-7(2)8-5-9(6-8)11-10/h7-9,11H,3-6H2,1-2H3. The Morgan fingerprint density at radius 1 is 1.55 bits per heavy atom. The molecule has 11 heavy (non-hydrogen) atoms. The van der Waals surface area contributed by atoms with E-state index in [-0.39, 0.29) is 0 Å². The van der Waals surface area contributed by atoms with Crippen molar-refractivity contribution in [2.24, 2.45) is 11.8 Å². The highest BCUT2D eigenvalue weighted by molar-refractivity contribution is 6.04. The zero-order valence-electron chi connectivity index (χ0n) is 7.64. The van der Waals surface area contributed by atoms with E-state index in [2.05, 4.69) is 19.1 Å². The van der Waals surface area contributed by atoms with Crippen LogP contribution in [-0.2, 0) is 0 Å². The summed E-state index contributed by atoms with van der Waals surface area (Å²) in [4.78, 5) is 0. The molecule has 1 atom stereocenters. The molecule has 0 heterocycles. The van der Waals surface area contributed by atoms with Crippen molar-refractivity contribution in [1.82, 2.24) is 5.23 Å². The van der Waals surface area contributed by atoms with Crippen LogP contribution in [0.25, 0.3) is 0 Å². The first kappa shape index (κ1) is 9.12. The SMILES string of the molecule is [B]NC1CC(C(C)CCC)C1. The Bertz CT molecular complexity index is 110. The van der Waals surface area contributed by atoms with Gasteiger partial charge in [-0.3, -0.25) is 0 Å². The smallest absolute Gasteiger partial charge is 0.178 e. The van der Waals surface area contributed by atoms with Gasteiger partial charge in [0, 0.05) is 0 Å². The molecule has 1 rings (SSSR count). The van der Waals surface area contributed by atoms with E-state index in [1.807, 2.05) is 0 Å². The first-order chi connectivity index (χ1) is 5.27. The zero-order chi connectivity index (χ0) is 8.27. The van der Waals surface area contributed by atoms with Crippen LogP contribution in [-0.4, -0.2) is 14.0 Å². The number of hydrogen-bond acceptors (Lipinski definition) is 1. The molecular weight excluding hydrogens is 133 g/mol. The van der Waals surface area contributed by atoms with Crippen LogP contribution in [0.2, 0.25) is 0 Å². The molecule has 1 aliphatic carbocycles. The Morgan fingerprint density at radius 3 is 2.64 bits per heavy atom. The number of hydrogen-bond donors (Lipinski definition) is 1. The van der Waals surface area contributed by atoms with Crippen LogP contribution in [0.3, 0.4) is 0 Å². The van der Waals surface area contributed by atoms with Gasteiger partial charge in [0.1, 0.15) is 0 Å². The molecule has 1 saturated carbocycles. The molecule has 0 aromatic heterocycles. The molecule has 0 aromatic rings. The van der Waals surface area contributed by atoms with E-state index in [9.17, 15) is 0 Å². The summed E-state index contributed by atoms with van der Waals surface area (Å²) in [5.74, 6) is 1.85. The van der Waals surface area contributed by atoms with Crippen molar-refractivity contribution >= 4 is 7.98 Å². The van der Waals surface area contributed by atoms with E-state index in [0.717, 1.165) is 11.8 Å². The molecule has 0 saturated heterocycles. The maximum Gasteiger partial charge on any atom is 0.178 e. The van der Waals surface area contributed by atoms with Crippen LogP contribution in [0.4, 0.5) is 0 Å². The molecule has 1 N–H and O–H groups in total. The normalized spacial score (nSPS) is 32.9. The minimum atomic E-state index is 0.610. The average molecular weight is 151 g/mol. The van der Waals surface area contributed by atoms with Gasteiger partial charge in [-0.2, -0.15) is 0 Å². The maximum atomic E-state index is 5.32. The van der Waals surface area contributed by atoms with Crippen LogP contribution in [0, 0.1) is 11.8 Å². The van der Waals surface area contributed by atoms with Crippen molar-refractivity contribution in [2.45, 2.75) is 45.6 Å². The molecule has 62 valence electrons. The molecule has 1 nitrogen and oxygen atoms in total. The van der Waals surface area contributed by atoms with Crippen molar-refractivity contribution in [2.75, 3.05) is 0 Å². The predicted octanol–water partition coefficient (Wildman–Crippen LogP) is 1.87. The van der Waals surface area contributed by atoms with Gasteiger partial charge in [-0.15, -0.1) is 0 Å². The van der Waals surface area contributed by atoms with Crippen molar-refractivity contribution in [3.63, 3.8) is 0 Å². The first-order valence-corrected chi connectivity index (χ1v) is 4.74. The Kier molecular flexibility index (Phi) is 3.44. The minimum Gasteiger partial charge on any atom is -0.364 e. The Morgan fingerprint density at radius 2 is 2.18 bits per heavy atom. The molecule has 2 radical (unpaired) electrons. The van der Waals surface area contributed by atoms with E-state index in [0.29, 0.717) is 6.04 Å². The van der Waals surface area contributed by atoms with Crippen molar-refractivity contribution in [3.8, 4) is 0 Å². The fourth-order valence-corrected chi connectivity index (χ4v) is 1.95. The summed E-state index contributed by atoms with van der Waals surface area (Å²) in [7, 11) is 5.32. The quantitative estimate of drug-likeness (QED) is 0.605. The van der Waals surface area contributed by atoms with E-state index < -0.39 is 0 Å². The third-order valence-corrected chi connectivity index (χ3v) is 2.96. The molecule has 0 amide bonds. The molecular formula is C9H18BN. The first-order valence-electron chi connectivity index (χ1n) is 4.74. The van der Waals surface area contributed by atoms with E-state index in [4.69, 9.17) is 7.98 Å². The van der Waals surface area contributed by atoms with Gasteiger partial charge in [-0.05, 0) is 30.7 Å². The topological polar surface area (TPSA) is 12.0 Å². The summed E-state index contributed by atoms with van der Waals surface area (Å²) >= 11 is 0. The van der Waals surface area contributed by atoms with Gasteiger partial charge in [0.25, 0.3) is 0 Å². The van der Waals surface area contributed by atoms with Crippen molar-refractivity contribution in [3.05, 3.63) is 0 Å². The van der Waals surface area contributed by atoms with Gasteiger partial charge >= 0.3 is 0 Å². The van der Waals surface area contributed by atoms with Crippen LogP contribution < -0.4 is 5.23 Å². The molecule has 2 heteroatoms. The second-order valence-corrected chi connectivity index (χ2v) is 3.86. The van der Waals surface area contributed by atoms with Gasteiger partial charge in [0.05, 0.1) is 0 Å². The summed E-state index contributed by atoms with van der Waals surface area (Å²) in [6, 6.07) is 0.610. The second-order valence-electron chi connectivity index (χ2n) is 3.86. The monoisotopic (exact) mass is 151 g/mol. The Hall–Kier alpha value is 0.0249. The Labute approximate surface area is 71.4 Å². The fraction of sp³-hybridized carbons (Fsp3) is 1.00. The molecule has 0 spiro atoms. The highest BCUT2D eigenvalue weighted by Gasteiger charge is 2.30. The summed E-state index contributed by atoms with van der Waals surface area (Å²) in [5.41, 5.74) is 0. The van der Waals surface area contributed by atoms with E-state index in [1.165, 1.54) is 25.7 Å². The fourth-order valence-electron chi connectivity index (χ4n) is 1.95. The lowest BCUT2D eigenvalue weighted by atomic mass is 9.71. The van der Waals surface area contributed by atoms with Crippen molar-refractivity contribution < 1.29 is 0 Å². The lowest BCUT2D eigenvalue weighted by molar-refractivity contribution is 0.168. The third-order valence-electron chi connectivity index (χ3n) is 2.96. The van der Waals surface area contributed by atoms with Crippen LogP contribution in [0.5, 0.6) is 0 Å². The van der Waals surface area contributed by atoms with Gasteiger partial charge in [-0.1, -0.05) is 26.7 Å². The van der Waals surface area contributed by atoms with Crippen LogP contribution in [0.1, 0.15) is 39.5 Å². The summed E-state index contributed by atoms with van der Waals surface area (Å²) in [6.07, 6.45) is 5.27. The van der Waals surface area contributed by atoms with Crippen molar-refractivity contribution in [1.29, 1.82) is 0 Å². The second kappa shape index (κ2) is 4.15. The van der Waals surface area contributed by atoms with E-state index in [1.54, 1.807) is 0 Å². The molecule has 1 aliphatic rings. The minimum absolute atomic E-state index is 0.610. The molecule has 0 bridgehead atoms. The number of nitrogens with one attached hydrogen (secondary N) is 1. The molecule has 0 aromatic carbocycles.